The van der Waals surface area contributed by atoms with Crippen molar-refractivity contribution in [3.8, 4) is 0 Å². The highest BCUT2D eigenvalue weighted by atomic mass is 79.9. The van der Waals surface area contributed by atoms with E-state index in [9.17, 15) is 0 Å². The second kappa shape index (κ2) is 4.13. The van der Waals surface area contributed by atoms with Crippen LogP contribution in [-0.4, -0.2) is 4.83 Å². The maximum Gasteiger partial charge on any atom is 0.0120 e. The van der Waals surface area contributed by atoms with Crippen LogP contribution in [0.4, 0.5) is 0 Å². The molecule has 0 aromatic carbocycles. The lowest BCUT2D eigenvalue weighted by Crippen LogP contribution is -2.22. The normalized spacial score (nSPS) is 27.0. The molecule has 0 saturated heterocycles. The summed E-state index contributed by atoms with van der Waals surface area (Å²) in [6.07, 6.45) is 7.12. The lowest BCUT2D eigenvalue weighted by molar-refractivity contribution is 0.186. The molecule has 1 aliphatic carbocycles. The molecule has 1 saturated carbocycles. The molecular weight excluding hydrogens is 212 g/mol. The molecule has 0 spiro atoms. The first kappa shape index (κ1) is 10.6. The SMILES string of the molecule is CC(Br)CC1CCC(C)(C)CC1. The summed E-state index contributed by atoms with van der Waals surface area (Å²) in [4.78, 5) is 0.712. The van der Waals surface area contributed by atoms with E-state index in [1.165, 1.54) is 32.1 Å². The van der Waals surface area contributed by atoms with Gasteiger partial charge in [-0.25, -0.2) is 0 Å². The first-order valence-electron chi connectivity index (χ1n) is 5.14. The average molecular weight is 233 g/mol. The van der Waals surface area contributed by atoms with E-state index in [0.29, 0.717) is 10.2 Å². The van der Waals surface area contributed by atoms with Crippen LogP contribution in [0, 0.1) is 11.3 Å². The van der Waals surface area contributed by atoms with E-state index < -0.39 is 0 Å². The van der Waals surface area contributed by atoms with Crippen molar-refractivity contribution < 1.29 is 0 Å². The van der Waals surface area contributed by atoms with E-state index in [0.717, 1.165) is 5.92 Å². The van der Waals surface area contributed by atoms with Crippen molar-refractivity contribution in [2.45, 2.75) is 57.7 Å². The zero-order chi connectivity index (χ0) is 9.19. The molecule has 72 valence electrons. The third kappa shape index (κ3) is 3.47. The second-order valence-electron chi connectivity index (χ2n) is 5.12. The minimum Gasteiger partial charge on any atom is -0.0894 e. The highest BCUT2D eigenvalue weighted by Gasteiger charge is 2.26. The van der Waals surface area contributed by atoms with E-state index in [4.69, 9.17) is 0 Å². The molecule has 0 amide bonds. The van der Waals surface area contributed by atoms with Gasteiger partial charge in [-0.15, -0.1) is 0 Å². The molecule has 1 rings (SSSR count). The predicted molar refractivity (Wildman–Crippen MR) is 58.7 cm³/mol. The third-order valence-electron chi connectivity index (χ3n) is 3.12. The van der Waals surface area contributed by atoms with Crippen molar-refractivity contribution in [2.24, 2.45) is 11.3 Å². The van der Waals surface area contributed by atoms with Gasteiger partial charge < -0.3 is 0 Å². The molecule has 1 heteroatoms. The molecule has 0 radical (unpaired) electrons. The van der Waals surface area contributed by atoms with Gasteiger partial charge >= 0.3 is 0 Å². The highest BCUT2D eigenvalue weighted by Crippen LogP contribution is 2.39. The molecule has 0 aromatic rings. The number of rotatable bonds is 2. The van der Waals surface area contributed by atoms with Crippen LogP contribution in [0.2, 0.25) is 0 Å². The Kier molecular flexibility index (Phi) is 3.63. The van der Waals surface area contributed by atoms with E-state index in [2.05, 4.69) is 36.7 Å². The first-order valence-corrected chi connectivity index (χ1v) is 6.05. The molecule has 1 aliphatic rings. The molecule has 1 fully saturated rings. The lowest BCUT2D eigenvalue weighted by Gasteiger charge is -2.34. The average Bonchev–Trinajstić information content (AvgIpc) is 1.93. The summed E-state index contributed by atoms with van der Waals surface area (Å²) < 4.78 is 0. The van der Waals surface area contributed by atoms with Crippen LogP contribution in [-0.2, 0) is 0 Å². The van der Waals surface area contributed by atoms with E-state index in [1.807, 2.05) is 0 Å². The monoisotopic (exact) mass is 232 g/mol. The Morgan fingerprint density at radius 2 is 1.83 bits per heavy atom. The molecule has 0 bridgehead atoms. The Balaban J connectivity index is 2.27. The Morgan fingerprint density at radius 1 is 1.33 bits per heavy atom. The van der Waals surface area contributed by atoms with E-state index in [-0.39, 0.29) is 0 Å². The van der Waals surface area contributed by atoms with Crippen LogP contribution in [0.15, 0.2) is 0 Å². The summed E-state index contributed by atoms with van der Waals surface area (Å²) in [5, 5.41) is 0. The number of alkyl halides is 1. The quantitative estimate of drug-likeness (QED) is 0.621. The van der Waals surface area contributed by atoms with E-state index >= 15 is 0 Å². The summed E-state index contributed by atoms with van der Waals surface area (Å²) in [7, 11) is 0. The molecule has 0 aromatic heterocycles. The van der Waals surface area contributed by atoms with Crippen LogP contribution >= 0.6 is 15.9 Å². The number of halogens is 1. The van der Waals surface area contributed by atoms with Gasteiger partial charge in [0.1, 0.15) is 0 Å². The van der Waals surface area contributed by atoms with Gasteiger partial charge in [0.05, 0.1) is 0 Å². The maximum atomic E-state index is 3.64. The van der Waals surface area contributed by atoms with Crippen molar-refractivity contribution in [2.75, 3.05) is 0 Å². The first-order chi connectivity index (χ1) is 5.49. The Labute approximate surface area is 85.3 Å². The van der Waals surface area contributed by atoms with Crippen LogP contribution in [0.25, 0.3) is 0 Å². The van der Waals surface area contributed by atoms with Crippen LogP contribution in [0.3, 0.4) is 0 Å². The fourth-order valence-electron chi connectivity index (χ4n) is 2.15. The number of hydrogen-bond donors (Lipinski definition) is 0. The Bertz CT molecular complexity index is 128. The van der Waals surface area contributed by atoms with Gasteiger partial charge in [0.2, 0.25) is 0 Å². The number of hydrogen-bond acceptors (Lipinski definition) is 0. The zero-order valence-corrected chi connectivity index (χ0v) is 10.2. The largest absolute Gasteiger partial charge is 0.0894 e. The van der Waals surface area contributed by atoms with Crippen molar-refractivity contribution in [3.05, 3.63) is 0 Å². The molecule has 0 nitrogen and oxygen atoms in total. The van der Waals surface area contributed by atoms with Crippen molar-refractivity contribution >= 4 is 15.9 Å². The maximum absolute atomic E-state index is 3.64. The summed E-state index contributed by atoms with van der Waals surface area (Å²) in [6.45, 7) is 7.07. The van der Waals surface area contributed by atoms with E-state index in [1.54, 1.807) is 0 Å². The van der Waals surface area contributed by atoms with Crippen LogP contribution in [0.1, 0.15) is 52.9 Å². The predicted octanol–water partition coefficient (Wildman–Crippen LogP) is 4.38. The zero-order valence-electron chi connectivity index (χ0n) is 8.57. The summed E-state index contributed by atoms with van der Waals surface area (Å²) in [6, 6.07) is 0. The van der Waals surface area contributed by atoms with Gasteiger partial charge in [0.25, 0.3) is 0 Å². The van der Waals surface area contributed by atoms with Crippen LogP contribution < -0.4 is 0 Å². The standard InChI is InChI=1S/C11H21Br/c1-9(12)8-10-4-6-11(2,3)7-5-10/h9-10H,4-8H2,1-3H3. The second-order valence-corrected chi connectivity index (χ2v) is 6.69. The van der Waals surface area contributed by atoms with Gasteiger partial charge in [-0.1, -0.05) is 36.7 Å². The van der Waals surface area contributed by atoms with Gasteiger partial charge in [-0.2, -0.15) is 0 Å². The third-order valence-corrected chi connectivity index (χ3v) is 3.49. The fraction of sp³-hybridized carbons (Fsp3) is 1.00. The van der Waals surface area contributed by atoms with Crippen LogP contribution in [0.5, 0.6) is 0 Å². The molecular formula is C11H21Br. The minimum atomic E-state index is 0.631. The van der Waals surface area contributed by atoms with Crippen molar-refractivity contribution in [1.82, 2.24) is 0 Å². The van der Waals surface area contributed by atoms with Gasteiger partial charge in [0.15, 0.2) is 0 Å². The summed E-state index contributed by atoms with van der Waals surface area (Å²) in [5.74, 6) is 0.993. The summed E-state index contributed by atoms with van der Waals surface area (Å²) >= 11 is 3.64. The van der Waals surface area contributed by atoms with Gasteiger partial charge in [-0.05, 0) is 43.4 Å². The molecule has 12 heavy (non-hydrogen) atoms. The molecule has 0 aliphatic heterocycles. The highest BCUT2D eigenvalue weighted by molar-refractivity contribution is 9.09. The van der Waals surface area contributed by atoms with Gasteiger partial charge in [-0.3, -0.25) is 0 Å². The van der Waals surface area contributed by atoms with Crippen molar-refractivity contribution in [3.63, 3.8) is 0 Å². The topological polar surface area (TPSA) is 0 Å². The Hall–Kier alpha value is 0.480. The fourth-order valence-corrected chi connectivity index (χ4v) is 2.68. The Morgan fingerprint density at radius 3 is 2.25 bits per heavy atom. The lowest BCUT2D eigenvalue weighted by atomic mass is 9.72. The molecule has 1 atom stereocenters. The molecule has 1 unspecified atom stereocenters. The van der Waals surface area contributed by atoms with Gasteiger partial charge in [0, 0.05) is 4.83 Å². The minimum absolute atomic E-state index is 0.631. The molecule has 0 heterocycles. The van der Waals surface area contributed by atoms with Crippen molar-refractivity contribution in [1.29, 1.82) is 0 Å². The summed E-state index contributed by atoms with van der Waals surface area (Å²) in [5.41, 5.74) is 0.631. The smallest absolute Gasteiger partial charge is 0.0120 e. The molecule has 0 N–H and O–H groups in total.